The van der Waals surface area contributed by atoms with E-state index in [1.54, 1.807) is 0 Å². The summed E-state index contributed by atoms with van der Waals surface area (Å²) in [6.07, 6.45) is 1.66. The fraction of sp³-hybridized carbons (Fsp3) is 0.368. The Morgan fingerprint density at radius 3 is 2.57 bits per heavy atom. The highest BCUT2D eigenvalue weighted by Gasteiger charge is 2.41. The first-order valence-corrected chi connectivity index (χ1v) is 8.26. The number of benzene rings is 2. The summed E-state index contributed by atoms with van der Waals surface area (Å²) in [7, 11) is 0. The van der Waals surface area contributed by atoms with Crippen molar-refractivity contribution in [3.05, 3.63) is 70.7 Å². The quantitative estimate of drug-likeness (QED) is 0.871. The average Bonchev–Trinajstić information content (AvgIpc) is 3.01. The van der Waals surface area contributed by atoms with Crippen LogP contribution in [-0.2, 0) is 21.7 Å². The van der Waals surface area contributed by atoms with Crippen LogP contribution in [0.25, 0.3) is 0 Å². The molecule has 1 fully saturated rings. The average molecular weight is 333 g/mol. The third-order valence-electron chi connectivity index (χ3n) is 4.30. The summed E-state index contributed by atoms with van der Waals surface area (Å²) >= 11 is 5.94. The normalized spacial score (nSPS) is 24.0. The van der Waals surface area contributed by atoms with Crippen molar-refractivity contribution in [2.24, 2.45) is 0 Å². The second-order valence-corrected chi connectivity index (χ2v) is 6.37. The molecule has 122 valence electrons. The molecule has 0 aromatic heterocycles. The van der Waals surface area contributed by atoms with Gasteiger partial charge in [0.15, 0.2) is 0 Å². The van der Waals surface area contributed by atoms with Gasteiger partial charge in [-0.3, -0.25) is 0 Å². The smallest absolute Gasteiger partial charge is 0.117 e. The summed E-state index contributed by atoms with van der Waals surface area (Å²) in [5, 5.41) is 10.5. The van der Waals surface area contributed by atoms with Crippen molar-refractivity contribution in [1.82, 2.24) is 0 Å². The molecule has 1 aliphatic rings. The molecule has 1 N–H and O–H groups in total. The minimum atomic E-state index is -0.634. The van der Waals surface area contributed by atoms with Gasteiger partial charge in [0.1, 0.15) is 5.60 Å². The van der Waals surface area contributed by atoms with Crippen LogP contribution in [0, 0.1) is 0 Å². The van der Waals surface area contributed by atoms with Gasteiger partial charge in [0.2, 0.25) is 0 Å². The van der Waals surface area contributed by atoms with E-state index in [4.69, 9.17) is 21.1 Å². The summed E-state index contributed by atoms with van der Waals surface area (Å²) < 4.78 is 11.9. The van der Waals surface area contributed by atoms with E-state index in [0.29, 0.717) is 18.2 Å². The van der Waals surface area contributed by atoms with Crippen molar-refractivity contribution in [2.75, 3.05) is 13.2 Å². The predicted molar refractivity (Wildman–Crippen MR) is 90.4 cm³/mol. The Hall–Kier alpha value is -1.39. The Labute approximate surface area is 141 Å². The molecule has 2 atom stereocenters. The van der Waals surface area contributed by atoms with Gasteiger partial charge < -0.3 is 14.6 Å². The molecule has 0 radical (unpaired) electrons. The summed E-state index contributed by atoms with van der Waals surface area (Å²) in [5.41, 5.74) is 1.48. The van der Waals surface area contributed by atoms with Crippen LogP contribution in [0.15, 0.2) is 54.6 Å². The fourth-order valence-corrected chi connectivity index (χ4v) is 3.13. The molecule has 2 aromatic carbocycles. The van der Waals surface area contributed by atoms with Crippen molar-refractivity contribution < 1.29 is 14.6 Å². The third-order valence-corrected chi connectivity index (χ3v) is 4.56. The van der Waals surface area contributed by atoms with Crippen LogP contribution < -0.4 is 0 Å². The van der Waals surface area contributed by atoms with E-state index in [9.17, 15) is 5.11 Å². The zero-order valence-corrected chi connectivity index (χ0v) is 13.7. The summed E-state index contributed by atoms with van der Waals surface area (Å²) in [4.78, 5) is 0. The molecule has 1 heterocycles. The molecule has 0 aliphatic carbocycles. The van der Waals surface area contributed by atoms with Gasteiger partial charge in [0.05, 0.1) is 25.9 Å². The second-order valence-electron chi connectivity index (χ2n) is 5.94. The molecule has 0 amide bonds. The highest BCUT2D eigenvalue weighted by molar-refractivity contribution is 6.30. The van der Waals surface area contributed by atoms with Crippen molar-refractivity contribution in [3.63, 3.8) is 0 Å². The largest absolute Gasteiger partial charge is 0.393 e. The van der Waals surface area contributed by atoms with Gasteiger partial charge in [0.25, 0.3) is 0 Å². The van der Waals surface area contributed by atoms with E-state index in [-0.39, 0.29) is 12.7 Å². The monoisotopic (exact) mass is 332 g/mol. The van der Waals surface area contributed by atoms with Gasteiger partial charge >= 0.3 is 0 Å². The molecule has 0 bridgehead atoms. The third kappa shape index (κ3) is 3.93. The molecule has 0 spiro atoms. The second kappa shape index (κ2) is 7.45. The van der Waals surface area contributed by atoms with Gasteiger partial charge in [0, 0.05) is 5.02 Å². The minimum absolute atomic E-state index is 0.00143. The van der Waals surface area contributed by atoms with E-state index in [0.717, 1.165) is 24.0 Å². The molecule has 3 nitrogen and oxygen atoms in total. The van der Waals surface area contributed by atoms with Gasteiger partial charge in [-0.25, -0.2) is 0 Å². The van der Waals surface area contributed by atoms with Crippen LogP contribution in [-0.4, -0.2) is 24.4 Å². The predicted octanol–water partition coefficient (Wildman–Crippen LogP) is 3.92. The zero-order valence-electron chi connectivity index (χ0n) is 13.0. The number of hydrogen-bond donors (Lipinski definition) is 1. The van der Waals surface area contributed by atoms with Gasteiger partial charge in [-0.05, 0) is 36.1 Å². The summed E-state index contributed by atoms with van der Waals surface area (Å²) in [5.74, 6) is 0. The molecule has 2 unspecified atom stereocenters. The Morgan fingerprint density at radius 2 is 1.87 bits per heavy atom. The SMILES string of the molecule is OCC1(c2ccc(Cl)cc2)CCC(COCc2ccccc2)O1. The highest BCUT2D eigenvalue weighted by atomic mass is 35.5. The van der Waals surface area contributed by atoms with Crippen LogP contribution in [0.1, 0.15) is 24.0 Å². The van der Waals surface area contributed by atoms with Crippen molar-refractivity contribution in [3.8, 4) is 0 Å². The molecule has 1 aliphatic heterocycles. The lowest BCUT2D eigenvalue weighted by Crippen LogP contribution is -2.31. The maximum atomic E-state index is 9.86. The van der Waals surface area contributed by atoms with E-state index in [1.165, 1.54) is 0 Å². The van der Waals surface area contributed by atoms with E-state index >= 15 is 0 Å². The van der Waals surface area contributed by atoms with Crippen LogP contribution in [0.3, 0.4) is 0 Å². The van der Waals surface area contributed by atoms with Crippen LogP contribution in [0.4, 0.5) is 0 Å². The lowest BCUT2D eigenvalue weighted by Gasteiger charge is -2.28. The number of rotatable bonds is 6. The van der Waals surface area contributed by atoms with E-state index in [1.807, 2.05) is 54.6 Å². The first-order chi connectivity index (χ1) is 11.2. The fourth-order valence-electron chi connectivity index (χ4n) is 3.00. The number of halogens is 1. The Morgan fingerprint density at radius 1 is 1.13 bits per heavy atom. The Balaban J connectivity index is 1.57. The van der Waals surface area contributed by atoms with Gasteiger partial charge in [-0.1, -0.05) is 54.1 Å². The lowest BCUT2D eigenvalue weighted by atomic mass is 9.91. The first kappa shape index (κ1) is 16.5. The number of hydrogen-bond acceptors (Lipinski definition) is 3. The molecular formula is C19H21ClO3. The standard InChI is InChI=1S/C19H21ClO3/c20-17-8-6-16(7-9-17)19(14-21)11-10-18(23-19)13-22-12-15-4-2-1-3-5-15/h1-9,18,21H,10-14H2. The number of aliphatic hydroxyl groups excluding tert-OH is 1. The van der Waals surface area contributed by atoms with Crippen molar-refractivity contribution >= 4 is 11.6 Å². The lowest BCUT2D eigenvalue weighted by molar-refractivity contribution is -0.101. The molecule has 3 rings (SSSR count). The summed E-state index contributed by atoms with van der Waals surface area (Å²) in [6.45, 7) is 1.07. The zero-order chi connectivity index (χ0) is 16.1. The minimum Gasteiger partial charge on any atom is -0.393 e. The van der Waals surface area contributed by atoms with Crippen LogP contribution >= 0.6 is 11.6 Å². The van der Waals surface area contributed by atoms with Crippen LogP contribution in [0.2, 0.25) is 5.02 Å². The number of aliphatic hydroxyl groups is 1. The number of ether oxygens (including phenoxy) is 2. The van der Waals surface area contributed by atoms with Crippen molar-refractivity contribution in [2.45, 2.75) is 31.2 Å². The molecular weight excluding hydrogens is 312 g/mol. The van der Waals surface area contributed by atoms with E-state index < -0.39 is 5.60 Å². The molecule has 23 heavy (non-hydrogen) atoms. The molecule has 2 aromatic rings. The Bertz CT molecular complexity index is 614. The summed E-state index contributed by atoms with van der Waals surface area (Å²) in [6, 6.07) is 17.6. The van der Waals surface area contributed by atoms with Gasteiger partial charge in [-0.2, -0.15) is 0 Å². The molecule has 4 heteroatoms. The Kier molecular flexibility index (Phi) is 5.34. The van der Waals surface area contributed by atoms with E-state index in [2.05, 4.69) is 0 Å². The maximum Gasteiger partial charge on any atom is 0.117 e. The maximum absolute atomic E-state index is 9.86. The molecule has 0 saturated carbocycles. The van der Waals surface area contributed by atoms with Crippen molar-refractivity contribution in [1.29, 1.82) is 0 Å². The van der Waals surface area contributed by atoms with Gasteiger partial charge in [-0.15, -0.1) is 0 Å². The topological polar surface area (TPSA) is 38.7 Å². The molecule has 1 saturated heterocycles. The van der Waals surface area contributed by atoms with Crippen LogP contribution in [0.5, 0.6) is 0 Å². The highest BCUT2D eigenvalue weighted by Crippen LogP contribution is 2.39. The first-order valence-electron chi connectivity index (χ1n) is 7.88.